The molecule has 10 nitrogen and oxygen atoms in total. The van der Waals surface area contributed by atoms with Crippen molar-refractivity contribution in [3.63, 3.8) is 0 Å². The molecule has 30 heavy (non-hydrogen) atoms. The van der Waals surface area contributed by atoms with Crippen molar-refractivity contribution >= 4 is 29.0 Å². The maximum atomic E-state index is 12.3. The standard InChI is InChI=1S/C20H20N2O8/c1-12(23)14-5-4-6-16(9-14)29-11-19(24)30-13(2)20(25)21-17-10-15(22(26)27)7-8-18(17)28-3/h4-10,13H,11H2,1-3H3,(H,21,25)/t13-/m0/s1. The third-order valence-electron chi connectivity index (χ3n) is 3.93. The number of esters is 1. The average molecular weight is 416 g/mol. The van der Waals surface area contributed by atoms with Crippen LogP contribution < -0.4 is 14.8 Å². The van der Waals surface area contributed by atoms with Crippen LogP contribution in [0.15, 0.2) is 42.5 Å². The topological polar surface area (TPSA) is 134 Å². The van der Waals surface area contributed by atoms with Crippen molar-refractivity contribution < 1.29 is 33.5 Å². The number of ether oxygens (including phenoxy) is 3. The first kappa shape index (κ1) is 22.3. The van der Waals surface area contributed by atoms with Gasteiger partial charge in [0.1, 0.15) is 11.5 Å². The van der Waals surface area contributed by atoms with Gasteiger partial charge in [0.15, 0.2) is 18.5 Å². The zero-order chi connectivity index (χ0) is 22.3. The number of ketones is 1. The molecule has 1 amide bonds. The molecule has 0 aliphatic rings. The molecule has 2 aromatic carbocycles. The van der Waals surface area contributed by atoms with Crippen LogP contribution >= 0.6 is 0 Å². The third-order valence-corrected chi connectivity index (χ3v) is 3.93. The van der Waals surface area contributed by atoms with E-state index >= 15 is 0 Å². The zero-order valence-corrected chi connectivity index (χ0v) is 16.5. The molecule has 10 heteroatoms. The molecule has 0 aliphatic carbocycles. The van der Waals surface area contributed by atoms with Crippen LogP contribution in [-0.4, -0.2) is 42.4 Å². The first-order valence-corrected chi connectivity index (χ1v) is 8.78. The van der Waals surface area contributed by atoms with Gasteiger partial charge in [0, 0.05) is 17.7 Å². The number of nitrogens with zero attached hydrogens (tertiary/aromatic N) is 1. The molecule has 0 saturated heterocycles. The number of rotatable bonds is 9. The van der Waals surface area contributed by atoms with Crippen LogP contribution in [0.3, 0.4) is 0 Å². The number of hydrogen-bond donors (Lipinski definition) is 1. The van der Waals surface area contributed by atoms with Gasteiger partial charge >= 0.3 is 5.97 Å². The Kier molecular flexibility index (Phi) is 7.45. The van der Waals surface area contributed by atoms with Gasteiger partial charge in [-0.2, -0.15) is 0 Å². The van der Waals surface area contributed by atoms with Crippen LogP contribution in [0.1, 0.15) is 24.2 Å². The van der Waals surface area contributed by atoms with Gasteiger partial charge in [0.25, 0.3) is 11.6 Å². The fourth-order valence-electron chi connectivity index (χ4n) is 2.37. The lowest BCUT2D eigenvalue weighted by Gasteiger charge is -2.15. The first-order valence-electron chi connectivity index (χ1n) is 8.78. The van der Waals surface area contributed by atoms with Crippen molar-refractivity contribution in [2.45, 2.75) is 20.0 Å². The average Bonchev–Trinajstić information content (AvgIpc) is 2.72. The molecule has 1 N–H and O–H groups in total. The summed E-state index contributed by atoms with van der Waals surface area (Å²) < 4.78 is 15.4. The normalized spacial score (nSPS) is 11.2. The Hall–Kier alpha value is -3.95. The van der Waals surface area contributed by atoms with E-state index in [1.807, 2.05) is 0 Å². The highest BCUT2D eigenvalue weighted by atomic mass is 16.6. The van der Waals surface area contributed by atoms with Crippen molar-refractivity contribution in [2.75, 3.05) is 19.0 Å². The number of anilines is 1. The Morgan fingerprint density at radius 1 is 1.17 bits per heavy atom. The minimum atomic E-state index is -1.20. The lowest BCUT2D eigenvalue weighted by atomic mass is 10.1. The van der Waals surface area contributed by atoms with Crippen molar-refractivity contribution in [3.05, 3.63) is 58.1 Å². The van der Waals surface area contributed by atoms with Crippen LogP contribution in [0.2, 0.25) is 0 Å². The number of non-ortho nitro benzene ring substituents is 1. The molecule has 1 atom stereocenters. The van der Waals surface area contributed by atoms with Gasteiger partial charge in [-0.05, 0) is 32.0 Å². The Labute approximate surface area is 171 Å². The second kappa shape index (κ2) is 10.0. The number of methoxy groups -OCH3 is 1. The minimum Gasteiger partial charge on any atom is -0.495 e. The monoisotopic (exact) mass is 416 g/mol. The van der Waals surface area contributed by atoms with Crippen LogP contribution in [0.25, 0.3) is 0 Å². The molecule has 0 fully saturated rings. The number of amides is 1. The maximum Gasteiger partial charge on any atom is 0.344 e. The van der Waals surface area contributed by atoms with E-state index in [-0.39, 0.29) is 22.9 Å². The molecule has 0 saturated carbocycles. The van der Waals surface area contributed by atoms with Crippen molar-refractivity contribution in [3.8, 4) is 11.5 Å². The highest BCUT2D eigenvalue weighted by molar-refractivity contribution is 5.96. The molecule has 0 bridgehead atoms. The van der Waals surface area contributed by atoms with Crippen LogP contribution in [0, 0.1) is 10.1 Å². The smallest absolute Gasteiger partial charge is 0.344 e. The summed E-state index contributed by atoms with van der Waals surface area (Å²) in [6.07, 6.45) is -1.20. The van der Waals surface area contributed by atoms with Gasteiger partial charge in [0.2, 0.25) is 0 Å². The summed E-state index contributed by atoms with van der Waals surface area (Å²) in [5, 5.41) is 13.3. The third kappa shape index (κ3) is 6.03. The minimum absolute atomic E-state index is 0.0666. The number of Topliss-reactive ketones (excluding diaryl/α,β-unsaturated/α-hetero) is 1. The van der Waals surface area contributed by atoms with Gasteiger partial charge in [-0.15, -0.1) is 0 Å². The van der Waals surface area contributed by atoms with E-state index in [1.165, 1.54) is 39.2 Å². The first-order chi connectivity index (χ1) is 14.2. The predicted molar refractivity (Wildman–Crippen MR) is 106 cm³/mol. The van der Waals surface area contributed by atoms with Gasteiger partial charge in [-0.25, -0.2) is 4.79 Å². The molecule has 2 aromatic rings. The highest BCUT2D eigenvalue weighted by Gasteiger charge is 2.21. The van der Waals surface area contributed by atoms with Crippen molar-refractivity contribution in [2.24, 2.45) is 0 Å². The Morgan fingerprint density at radius 3 is 2.53 bits per heavy atom. The summed E-state index contributed by atoms with van der Waals surface area (Å²) in [7, 11) is 1.35. The number of nitrogens with one attached hydrogen (secondary N) is 1. The summed E-state index contributed by atoms with van der Waals surface area (Å²) in [4.78, 5) is 45.9. The van der Waals surface area contributed by atoms with E-state index in [0.29, 0.717) is 11.3 Å². The van der Waals surface area contributed by atoms with E-state index in [1.54, 1.807) is 18.2 Å². The Morgan fingerprint density at radius 2 is 1.90 bits per heavy atom. The lowest BCUT2D eigenvalue weighted by Crippen LogP contribution is -2.31. The van der Waals surface area contributed by atoms with Crippen molar-refractivity contribution in [1.29, 1.82) is 0 Å². The lowest BCUT2D eigenvalue weighted by molar-refractivity contribution is -0.384. The molecule has 0 unspecified atom stereocenters. The Bertz CT molecular complexity index is 973. The van der Waals surface area contributed by atoms with Crippen LogP contribution in [0.4, 0.5) is 11.4 Å². The molecule has 0 aliphatic heterocycles. The summed E-state index contributed by atoms with van der Waals surface area (Å²) in [6, 6.07) is 9.99. The summed E-state index contributed by atoms with van der Waals surface area (Å²) in [5.41, 5.74) is 0.258. The maximum absolute atomic E-state index is 12.3. The van der Waals surface area contributed by atoms with Gasteiger partial charge in [0.05, 0.1) is 17.7 Å². The van der Waals surface area contributed by atoms with Crippen LogP contribution in [0.5, 0.6) is 11.5 Å². The quantitative estimate of drug-likeness (QED) is 0.285. The molecule has 2 rings (SSSR count). The summed E-state index contributed by atoms with van der Waals surface area (Å²) >= 11 is 0. The van der Waals surface area contributed by atoms with E-state index in [2.05, 4.69) is 5.32 Å². The van der Waals surface area contributed by atoms with E-state index < -0.39 is 29.5 Å². The van der Waals surface area contributed by atoms with Gasteiger partial charge < -0.3 is 19.5 Å². The number of nitro groups is 1. The zero-order valence-electron chi connectivity index (χ0n) is 16.5. The van der Waals surface area contributed by atoms with E-state index in [4.69, 9.17) is 14.2 Å². The second-order valence-corrected chi connectivity index (χ2v) is 6.14. The number of hydrogen-bond acceptors (Lipinski definition) is 8. The fraction of sp³-hybridized carbons (Fsp3) is 0.250. The number of carbonyl (C=O) groups excluding carboxylic acids is 3. The molecular formula is C20H20N2O8. The summed E-state index contributed by atoms with van der Waals surface area (Å²) in [5.74, 6) is -1.15. The molecule has 158 valence electrons. The van der Waals surface area contributed by atoms with Gasteiger partial charge in [-0.1, -0.05) is 12.1 Å². The van der Waals surface area contributed by atoms with Crippen molar-refractivity contribution in [1.82, 2.24) is 0 Å². The van der Waals surface area contributed by atoms with Crippen LogP contribution in [-0.2, 0) is 14.3 Å². The number of benzene rings is 2. The second-order valence-electron chi connectivity index (χ2n) is 6.14. The fourth-order valence-corrected chi connectivity index (χ4v) is 2.37. The number of carbonyl (C=O) groups is 3. The van der Waals surface area contributed by atoms with E-state index in [0.717, 1.165) is 6.07 Å². The molecule has 0 radical (unpaired) electrons. The highest BCUT2D eigenvalue weighted by Crippen LogP contribution is 2.29. The molecule has 0 spiro atoms. The van der Waals surface area contributed by atoms with E-state index in [9.17, 15) is 24.5 Å². The molecular weight excluding hydrogens is 396 g/mol. The van der Waals surface area contributed by atoms with Gasteiger partial charge in [-0.3, -0.25) is 19.7 Å². The summed E-state index contributed by atoms with van der Waals surface area (Å²) in [6.45, 7) is 2.27. The SMILES string of the molecule is COc1ccc([N+](=O)[O-])cc1NC(=O)[C@H](C)OC(=O)COc1cccc(C(C)=O)c1. The molecule has 0 heterocycles. The largest absolute Gasteiger partial charge is 0.495 e. The number of nitro benzene ring substituents is 1. The molecule has 0 aromatic heterocycles. The Balaban J connectivity index is 1.95. The predicted octanol–water partition coefficient (Wildman–Crippen LogP) is 2.76.